The lowest BCUT2D eigenvalue weighted by molar-refractivity contribution is 0.0404. The minimum Gasteiger partial charge on any atom is -0.384 e. The van der Waals surface area contributed by atoms with Crippen LogP contribution in [0, 0.1) is 11.2 Å². The number of nitrogens with two attached hydrogens (primary N) is 1. The van der Waals surface area contributed by atoms with Gasteiger partial charge in [-0.05, 0) is 26.0 Å². The minimum atomic E-state index is -0.299. The van der Waals surface area contributed by atoms with Crippen LogP contribution in [0.4, 0.5) is 4.39 Å². The van der Waals surface area contributed by atoms with Crippen LogP contribution in [0.3, 0.4) is 0 Å². The van der Waals surface area contributed by atoms with Crippen LogP contribution in [0.2, 0.25) is 0 Å². The molecular formula is C14H20FN3O. The number of ether oxygens (including phenoxy) is 1. The topological polar surface area (TPSA) is 62.3 Å². The largest absolute Gasteiger partial charge is 0.384 e. The minimum absolute atomic E-state index is 0.108. The van der Waals surface area contributed by atoms with E-state index in [0.717, 1.165) is 26.1 Å². The highest BCUT2D eigenvalue weighted by molar-refractivity contribution is 5.94. The fraction of sp³-hybridized carbons (Fsp3) is 0.500. The zero-order valence-corrected chi connectivity index (χ0v) is 11.2. The van der Waals surface area contributed by atoms with Crippen molar-refractivity contribution in [3.05, 3.63) is 35.1 Å². The quantitative estimate of drug-likeness (QED) is 0.643. The lowest BCUT2D eigenvalue weighted by Crippen LogP contribution is -2.36. The van der Waals surface area contributed by atoms with E-state index in [-0.39, 0.29) is 11.7 Å². The first-order valence-electron chi connectivity index (χ1n) is 6.48. The fourth-order valence-corrected chi connectivity index (χ4v) is 2.37. The van der Waals surface area contributed by atoms with Crippen LogP contribution in [0.1, 0.15) is 24.0 Å². The molecule has 0 atom stereocenters. The van der Waals surface area contributed by atoms with Crippen molar-refractivity contribution in [2.24, 2.45) is 5.73 Å². The third-order valence-corrected chi connectivity index (χ3v) is 3.60. The van der Waals surface area contributed by atoms with Gasteiger partial charge in [0.25, 0.3) is 0 Å². The molecule has 1 aliphatic heterocycles. The highest BCUT2D eigenvalue weighted by Gasteiger charge is 2.19. The third-order valence-electron chi connectivity index (χ3n) is 3.60. The van der Waals surface area contributed by atoms with Crippen molar-refractivity contribution in [1.29, 1.82) is 5.41 Å². The first-order valence-corrected chi connectivity index (χ1v) is 6.48. The zero-order chi connectivity index (χ0) is 13.8. The van der Waals surface area contributed by atoms with Crippen molar-refractivity contribution in [1.82, 2.24) is 4.90 Å². The van der Waals surface area contributed by atoms with E-state index in [4.69, 9.17) is 15.9 Å². The SMILES string of the molecule is CN(Cc1ccc(C(=N)N)cc1F)C1CCOCC1. The molecule has 1 fully saturated rings. The Balaban J connectivity index is 2.03. The summed E-state index contributed by atoms with van der Waals surface area (Å²) in [5, 5.41) is 7.29. The summed E-state index contributed by atoms with van der Waals surface area (Å²) in [5.74, 6) is -0.408. The van der Waals surface area contributed by atoms with Gasteiger partial charge in [0.2, 0.25) is 0 Å². The smallest absolute Gasteiger partial charge is 0.128 e. The Labute approximate surface area is 112 Å². The number of hydrogen-bond acceptors (Lipinski definition) is 3. The highest BCUT2D eigenvalue weighted by Crippen LogP contribution is 2.18. The van der Waals surface area contributed by atoms with E-state index in [0.29, 0.717) is 23.7 Å². The summed E-state index contributed by atoms with van der Waals surface area (Å²) in [6.45, 7) is 2.12. The number of nitrogens with zero attached hydrogens (tertiary/aromatic N) is 1. The summed E-state index contributed by atoms with van der Waals surface area (Å²) in [6.07, 6.45) is 1.98. The molecule has 0 bridgehead atoms. The number of hydrogen-bond donors (Lipinski definition) is 2. The molecule has 1 aromatic carbocycles. The highest BCUT2D eigenvalue weighted by atomic mass is 19.1. The second-order valence-corrected chi connectivity index (χ2v) is 4.98. The molecule has 4 nitrogen and oxygen atoms in total. The second-order valence-electron chi connectivity index (χ2n) is 4.98. The molecule has 2 rings (SSSR count). The Morgan fingerprint density at radius 2 is 2.16 bits per heavy atom. The standard InChI is InChI=1S/C14H20FN3O/c1-18(12-4-6-19-7-5-12)9-11-3-2-10(14(16)17)8-13(11)15/h2-3,8,12H,4-7,9H2,1H3,(H3,16,17). The molecule has 0 aliphatic carbocycles. The second kappa shape index (κ2) is 6.12. The van der Waals surface area contributed by atoms with Crippen LogP contribution >= 0.6 is 0 Å². The summed E-state index contributed by atoms with van der Waals surface area (Å²) in [7, 11) is 2.01. The van der Waals surface area contributed by atoms with Crippen LogP contribution < -0.4 is 5.73 Å². The van der Waals surface area contributed by atoms with Gasteiger partial charge in [-0.15, -0.1) is 0 Å². The molecule has 19 heavy (non-hydrogen) atoms. The third kappa shape index (κ3) is 3.52. The van der Waals surface area contributed by atoms with Crippen molar-refractivity contribution in [3.63, 3.8) is 0 Å². The molecule has 0 amide bonds. The molecule has 1 aliphatic rings. The van der Waals surface area contributed by atoms with Crippen molar-refractivity contribution in [2.75, 3.05) is 20.3 Å². The van der Waals surface area contributed by atoms with Gasteiger partial charge in [-0.2, -0.15) is 0 Å². The summed E-state index contributed by atoms with van der Waals surface area (Å²) in [6, 6.07) is 5.18. The molecule has 0 unspecified atom stereocenters. The van der Waals surface area contributed by atoms with Gasteiger partial charge in [0, 0.05) is 36.9 Å². The van der Waals surface area contributed by atoms with Gasteiger partial charge in [0.15, 0.2) is 0 Å². The molecule has 0 saturated carbocycles. The number of nitrogen functional groups attached to an aromatic ring is 1. The van der Waals surface area contributed by atoms with Gasteiger partial charge in [0.05, 0.1) is 0 Å². The lowest BCUT2D eigenvalue weighted by Gasteiger charge is -2.31. The summed E-state index contributed by atoms with van der Waals surface area (Å²) in [4.78, 5) is 2.16. The van der Waals surface area contributed by atoms with Crippen LogP contribution in [-0.4, -0.2) is 37.0 Å². The molecule has 1 heterocycles. The normalized spacial score (nSPS) is 16.8. The molecule has 0 radical (unpaired) electrons. The Morgan fingerprint density at radius 1 is 1.47 bits per heavy atom. The maximum atomic E-state index is 13.9. The molecule has 104 valence electrons. The van der Waals surface area contributed by atoms with E-state index in [1.807, 2.05) is 7.05 Å². The average molecular weight is 265 g/mol. The van der Waals surface area contributed by atoms with Crippen LogP contribution in [0.5, 0.6) is 0 Å². The summed E-state index contributed by atoms with van der Waals surface area (Å²) < 4.78 is 19.3. The lowest BCUT2D eigenvalue weighted by atomic mass is 10.1. The molecule has 0 spiro atoms. The Bertz CT molecular complexity index is 458. The van der Waals surface area contributed by atoms with E-state index in [9.17, 15) is 4.39 Å². The monoisotopic (exact) mass is 265 g/mol. The predicted octanol–water partition coefficient (Wildman–Crippen LogP) is 1.72. The number of amidine groups is 1. The van der Waals surface area contributed by atoms with Crippen molar-refractivity contribution in [2.45, 2.75) is 25.4 Å². The van der Waals surface area contributed by atoms with Gasteiger partial charge in [-0.3, -0.25) is 10.3 Å². The van der Waals surface area contributed by atoms with Crippen molar-refractivity contribution >= 4 is 5.84 Å². The van der Waals surface area contributed by atoms with Crippen LogP contribution in [-0.2, 0) is 11.3 Å². The Morgan fingerprint density at radius 3 is 2.74 bits per heavy atom. The fourth-order valence-electron chi connectivity index (χ4n) is 2.37. The van der Waals surface area contributed by atoms with E-state index in [1.165, 1.54) is 6.07 Å². The molecule has 1 saturated heterocycles. The van der Waals surface area contributed by atoms with Gasteiger partial charge in [-0.1, -0.05) is 12.1 Å². The Hall–Kier alpha value is -1.46. The average Bonchev–Trinajstić information content (AvgIpc) is 2.41. The maximum Gasteiger partial charge on any atom is 0.128 e. The molecule has 5 heteroatoms. The van der Waals surface area contributed by atoms with Gasteiger partial charge in [0.1, 0.15) is 11.7 Å². The van der Waals surface area contributed by atoms with Crippen LogP contribution in [0.25, 0.3) is 0 Å². The maximum absolute atomic E-state index is 13.9. The van der Waals surface area contributed by atoms with E-state index in [1.54, 1.807) is 12.1 Å². The van der Waals surface area contributed by atoms with E-state index < -0.39 is 0 Å². The molecule has 0 aromatic heterocycles. The van der Waals surface area contributed by atoms with Crippen LogP contribution in [0.15, 0.2) is 18.2 Å². The predicted molar refractivity (Wildman–Crippen MR) is 72.7 cm³/mol. The number of rotatable bonds is 4. The summed E-state index contributed by atoms with van der Waals surface area (Å²) >= 11 is 0. The van der Waals surface area contributed by atoms with Crippen molar-refractivity contribution < 1.29 is 9.13 Å². The van der Waals surface area contributed by atoms with E-state index in [2.05, 4.69) is 4.90 Å². The number of benzene rings is 1. The van der Waals surface area contributed by atoms with E-state index >= 15 is 0 Å². The van der Waals surface area contributed by atoms with Gasteiger partial charge in [-0.25, -0.2) is 4.39 Å². The molecular weight excluding hydrogens is 245 g/mol. The Kier molecular flexibility index (Phi) is 4.50. The summed E-state index contributed by atoms with van der Waals surface area (Å²) in [5.41, 5.74) is 6.41. The number of halogens is 1. The molecule has 3 N–H and O–H groups in total. The zero-order valence-electron chi connectivity index (χ0n) is 11.2. The van der Waals surface area contributed by atoms with Gasteiger partial charge < -0.3 is 10.5 Å². The van der Waals surface area contributed by atoms with Gasteiger partial charge >= 0.3 is 0 Å². The first kappa shape index (κ1) is 14.0. The molecule has 1 aromatic rings. The number of nitrogens with one attached hydrogen (secondary N) is 1. The first-order chi connectivity index (χ1) is 9.08. The van der Waals surface area contributed by atoms with Crippen molar-refractivity contribution in [3.8, 4) is 0 Å².